The molecule has 1 saturated carbocycles. The van der Waals surface area contributed by atoms with Crippen molar-refractivity contribution in [2.75, 3.05) is 28.8 Å². The predicted octanol–water partition coefficient (Wildman–Crippen LogP) is 2.40. The van der Waals surface area contributed by atoms with Gasteiger partial charge in [0.2, 0.25) is 0 Å². The lowest BCUT2D eigenvalue weighted by Gasteiger charge is -2.23. The van der Waals surface area contributed by atoms with E-state index in [-0.39, 0.29) is 6.54 Å². The summed E-state index contributed by atoms with van der Waals surface area (Å²) in [5.74, 6) is 0.588. The summed E-state index contributed by atoms with van der Waals surface area (Å²) < 4.78 is 34.7. The van der Waals surface area contributed by atoms with E-state index in [0.29, 0.717) is 41.8 Å². The van der Waals surface area contributed by atoms with Gasteiger partial charge in [-0.05, 0) is 43.5 Å². The van der Waals surface area contributed by atoms with Crippen LogP contribution in [0.2, 0.25) is 0 Å². The van der Waals surface area contributed by atoms with Gasteiger partial charge in [0, 0.05) is 25.2 Å². The number of fused-ring (bicyclic) bond motifs is 1. The van der Waals surface area contributed by atoms with Crippen molar-refractivity contribution in [2.24, 2.45) is 0 Å². The molecule has 0 saturated heterocycles. The highest BCUT2D eigenvalue weighted by Gasteiger charge is 2.41. The van der Waals surface area contributed by atoms with Gasteiger partial charge in [-0.3, -0.25) is 4.31 Å². The lowest BCUT2D eigenvalue weighted by atomic mass is 10.2. The van der Waals surface area contributed by atoms with E-state index in [4.69, 9.17) is 4.74 Å². The first-order valence-corrected chi connectivity index (χ1v) is 10.9. The minimum absolute atomic E-state index is 0.216. The standard InChI is InChI=1S/C20H25N3O4S/c1-27-18-6-4-5-16(13-18)23-20-8-3-2-7-19(20)22(28(23,25)26)12-11-17(24)14-21-15-9-10-15/h2-8,13,15,17,21,24H,9-12,14H2,1H3/t17-/m0/s1. The highest BCUT2D eigenvalue weighted by Crippen LogP contribution is 2.45. The molecule has 0 unspecified atom stereocenters. The van der Waals surface area contributed by atoms with E-state index >= 15 is 0 Å². The van der Waals surface area contributed by atoms with Crippen LogP contribution >= 0.6 is 0 Å². The van der Waals surface area contributed by atoms with Gasteiger partial charge < -0.3 is 15.2 Å². The van der Waals surface area contributed by atoms with Crippen LogP contribution in [0.1, 0.15) is 19.3 Å². The van der Waals surface area contributed by atoms with Gasteiger partial charge in [-0.25, -0.2) is 4.31 Å². The van der Waals surface area contributed by atoms with E-state index in [1.807, 2.05) is 12.1 Å². The van der Waals surface area contributed by atoms with Gasteiger partial charge in [0.15, 0.2) is 0 Å². The van der Waals surface area contributed by atoms with E-state index in [9.17, 15) is 13.5 Å². The maximum Gasteiger partial charge on any atom is 0.330 e. The molecular weight excluding hydrogens is 378 g/mol. The number of nitrogens with one attached hydrogen (secondary N) is 1. The molecule has 0 amide bonds. The zero-order valence-corrected chi connectivity index (χ0v) is 16.6. The van der Waals surface area contributed by atoms with Gasteiger partial charge in [-0.1, -0.05) is 18.2 Å². The summed E-state index contributed by atoms with van der Waals surface area (Å²) in [6.07, 6.45) is 2.07. The zero-order chi connectivity index (χ0) is 19.7. The molecule has 1 aliphatic heterocycles. The SMILES string of the molecule is COc1cccc(N2c3ccccc3N(CC[C@H](O)CNC3CC3)S2(=O)=O)c1. The number of rotatable bonds is 8. The number of benzene rings is 2. The van der Waals surface area contributed by atoms with Crippen molar-refractivity contribution in [3.8, 4) is 5.75 Å². The molecule has 8 heteroatoms. The average Bonchev–Trinajstić information content (AvgIpc) is 3.48. The predicted molar refractivity (Wildman–Crippen MR) is 109 cm³/mol. The molecule has 0 radical (unpaired) electrons. The fourth-order valence-corrected chi connectivity index (χ4v) is 5.12. The molecule has 2 aliphatic rings. The maximum absolute atomic E-state index is 13.4. The number of nitrogens with zero attached hydrogens (tertiary/aromatic N) is 2. The number of ether oxygens (including phenoxy) is 1. The van der Waals surface area contributed by atoms with Crippen molar-refractivity contribution in [2.45, 2.75) is 31.4 Å². The Kier molecular flexibility index (Phi) is 5.18. The first-order valence-electron chi connectivity index (χ1n) is 9.48. The second-order valence-electron chi connectivity index (χ2n) is 7.16. The Hall–Kier alpha value is -2.29. The van der Waals surface area contributed by atoms with Crippen molar-refractivity contribution in [1.29, 1.82) is 0 Å². The smallest absolute Gasteiger partial charge is 0.330 e. The number of hydrogen-bond acceptors (Lipinski definition) is 5. The normalized spacial score (nSPS) is 18.8. The van der Waals surface area contributed by atoms with Crippen LogP contribution in [0.3, 0.4) is 0 Å². The van der Waals surface area contributed by atoms with Crippen LogP contribution in [-0.4, -0.2) is 45.9 Å². The van der Waals surface area contributed by atoms with Crippen molar-refractivity contribution < 1.29 is 18.3 Å². The lowest BCUT2D eigenvalue weighted by molar-refractivity contribution is 0.164. The lowest BCUT2D eigenvalue weighted by Crippen LogP contribution is -2.38. The highest BCUT2D eigenvalue weighted by atomic mass is 32.2. The summed E-state index contributed by atoms with van der Waals surface area (Å²) in [7, 11) is -2.25. The fraction of sp³-hybridized carbons (Fsp3) is 0.400. The largest absolute Gasteiger partial charge is 0.497 e. The molecule has 1 atom stereocenters. The Morgan fingerprint density at radius 1 is 1.18 bits per heavy atom. The minimum atomic E-state index is -3.80. The van der Waals surface area contributed by atoms with E-state index in [0.717, 1.165) is 12.8 Å². The summed E-state index contributed by atoms with van der Waals surface area (Å²) in [6.45, 7) is 0.702. The Morgan fingerprint density at radius 2 is 1.93 bits per heavy atom. The molecule has 2 aromatic carbocycles. The maximum atomic E-state index is 13.4. The van der Waals surface area contributed by atoms with Crippen molar-refractivity contribution >= 4 is 27.3 Å². The van der Waals surface area contributed by atoms with Crippen LogP contribution in [0.25, 0.3) is 0 Å². The number of aliphatic hydroxyl groups excluding tert-OH is 1. The van der Waals surface area contributed by atoms with Gasteiger partial charge in [0.25, 0.3) is 0 Å². The van der Waals surface area contributed by atoms with Crippen LogP contribution in [0.15, 0.2) is 48.5 Å². The van der Waals surface area contributed by atoms with Gasteiger partial charge >= 0.3 is 10.2 Å². The third kappa shape index (κ3) is 3.67. The number of hydrogen-bond donors (Lipinski definition) is 2. The van der Waals surface area contributed by atoms with Crippen molar-refractivity contribution in [1.82, 2.24) is 5.32 Å². The molecule has 1 fully saturated rings. The monoisotopic (exact) mass is 403 g/mol. The molecule has 150 valence electrons. The summed E-state index contributed by atoms with van der Waals surface area (Å²) in [5, 5.41) is 13.5. The van der Waals surface area contributed by atoms with Gasteiger partial charge in [-0.2, -0.15) is 8.42 Å². The molecule has 1 heterocycles. The molecule has 1 aliphatic carbocycles. The molecular formula is C20H25N3O4S. The molecule has 0 bridgehead atoms. The summed E-state index contributed by atoms with van der Waals surface area (Å²) in [5.41, 5.74) is 1.74. The Morgan fingerprint density at radius 3 is 2.64 bits per heavy atom. The number of aliphatic hydroxyl groups is 1. The average molecular weight is 404 g/mol. The first-order chi connectivity index (χ1) is 13.5. The van der Waals surface area contributed by atoms with Crippen molar-refractivity contribution in [3.63, 3.8) is 0 Å². The van der Waals surface area contributed by atoms with E-state index in [2.05, 4.69) is 5.32 Å². The second kappa shape index (κ2) is 7.62. The molecule has 2 aromatic rings. The molecule has 2 N–H and O–H groups in total. The topological polar surface area (TPSA) is 82.1 Å². The molecule has 4 rings (SSSR count). The Bertz CT molecular complexity index is 946. The second-order valence-corrected chi connectivity index (χ2v) is 8.86. The first kappa shape index (κ1) is 19.0. The van der Waals surface area contributed by atoms with E-state index in [1.165, 1.54) is 8.61 Å². The summed E-state index contributed by atoms with van der Waals surface area (Å²) >= 11 is 0. The number of anilines is 3. The summed E-state index contributed by atoms with van der Waals surface area (Å²) in [4.78, 5) is 0. The summed E-state index contributed by atoms with van der Waals surface area (Å²) in [6, 6.07) is 14.7. The van der Waals surface area contributed by atoms with E-state index in [1.54, 1.807) is 43.5 Å². The highest BCUT2D eigenvalue weighted by molar-refractivity contribution is 7.95. The van der Waals surface area contributed by atoms with Crippen LogP contribution < -0.4 is 18.7 Å². The van der Waals surface area contributed by atoms with Gasteiger partial charge in [0.1, 0.15) is 5.75 Å². The van der Waals surface area contributed by atoms with Crippen LogP contribution in [0.4, 0.5) is 17.1 Å². The molecule has 7 nitrogen and oxygen atoms in total. The number of para-hydroxylation sites is 2. The van der Waals surface area contributed by atoms with Gasteiger partial charge in [0.05, 0.1) is 30.3 Å². The Balaban J connectivity index is 1.59. The van der Waals surface area contributed by atoms with Gasteiger partial charge in [-0.15, -0.1) is 0 Å². The van der Waals surface area contributed by atoms with Crippen LogP contribution in [0.5, 0.6) is 5.75 Å². The third-order valence-corrected chi connectivity index (χ3v) is 6.86. The number of methoxy groups -OCH3 is 1. The molecule has 28 heavy (non-hydrogen) atoms. The fourth-order valence-electron chi connectivity index (χ4n) is 3.40. The van der Waals surface area contributed by atoms with E-state index < -0.39 is 16.3 Å². The van der Waals surface area contributed by atoms with Crippen LogP contribution in [0, 0.1) is 0 Å². The van der Waals surface area contributed by atoms with Crippen molar-refractivity contribution in [3.05, 3.63) is 48.5 Å². The zero-order valence-electron chi connectivity index (χ0n) is 15.8. The Labute approximate surface area is 165 Å². The molecule has 0 aromatic heterocycles. The van der Waals surface area contributed by atoms with Crippen LogP contribution in [-0.2, 0) is 10.2 Å². The minimum Gasteiger partial charge on any atom is -0.497 e. The molecule has 0 spiro atoms. The quantitative estimate of drug-likeness (QED) is 0.707. The third-order valence-electron chi connectivity index (χ3n) is 5.05.